The second kappa shape index (κ2) is 7.94. The summed E-state index contributed by atoms with van der Waals surface area (Å²) in [6, 6.07) is 17.0. The first-order valence-corrected chi connectivity index (χ1v) is 9.84. The molecular formula is C23H23N5O2. The van der Waals surface area contributed by atoms with Gasteiger partial charge in [0.15, 0.2) is 0 Å². The Bertz CT molecular complexity index is 1250. The van der Waals surface area contributed by atoms with E-state index in [2.05, 4.69) is 15.5 Å². The van der Waals surface area contributed by atoms with E-state index in [-0.39, 0.29) is 23.9 Å². The van der Waals surface area contributed by atoms with Crippen molar-refractivity contribution in [3.63, 3.8) is 0 Å². The Labute approximate surface area is 174 Å². The Morgan fingerprint density at radius 1 is 1.07 bits per heavy atom. The molecule has 7 heteroatoms. The number of carbonyl (C=O) groups excluding carboxylic acids is 1. The molecule has 4 rings (SSSR count). The lowest BCUT2D eigenvalue weighted by Crippen LogP contribution is -2.31. The van der Waals surface area contributed by atoms with Crippen molar-refractivity contribution in [2.24, 2.45) is 0 Å². The zero-order valence-electron chi connectivity index (χ0n) is 17.2. The van der Waals surface area contributed by atoms with E-state index in [4.69, 9.17) is 0 Å². The van der Waals surface area contributed by atoms with Crippen molar-refractivity contribution < 1.29 is 4.79 Å². The van der Waals surface area contributed by atoms with Gasteiger partial charge in [-0.1, -0.05) is 49.7 Å². The predicted octanol–water partition coefficient (Wildman–Crippen LogP) is 3.65. The average Bonchev–Trinajstić information content (AvgIpc) is 3.17. The maximum Gasteiger partial charge on any atom is 0.293 e. The number of rotatable bonds is 5. The van der Waals surface area contributed by atoms with Crippen LogP contribution in [0.2, 0.25) is 0 Å². The summed E-state index contributed by atoms with van der Waals surface area (Å²) >= 11 is 0. The van der Waals surface area contributed by atoms with Gasteiger partial charge in [0.25, 0.3) is 5.56 Å². The molecule has 4 aromatic rings. The van der Waals surface area contributed by atoms with Crippen molar-refractivity contribution in [2.45, 2.75) is 33.2 Å². The van der Waals surface area contributed by atoms with Crippen LogP contribution in [0.1, 0.15) is 31.0 Å². The summed E-state index contributed by atoms with van der Waals surface area (Å²) in [4.78, 5) is 25.8. The van der Waals surface area contributed by atoms with Crippen LogP contribution in [0.5, 0.6) is 0 Å². The SMILES string of the molecule is Cc1ccc(NC(=O)Cn2nc(C(C)C)c3cnn(-c4ccccc4)c3c2=O)cc1. The standard InChI is InChI=1S/C23H23N5O2/c1-15(2)21-19-13-24-28(18-7-5-4-6-8-18)22(19)23(30)27(26-21)14-20(29)25-17-11-9-16(3)10-12-17/h4-13,15H,14H2,1-3H3,(H,25,29). The van der Waals surface area contributed by atoms with E-state index in [0.717, 1.165) is 16.9 Å². The number of aromatic nitrogens is 4. The normalized spacial score (nSPS) is 11.2. The quantitative estimate of drug-likeness (QED) is 0.553. The van der Waals surface area contributed by atoms with Crippen LogP contribution in [0.15, 0.2) is 65.6 Å². The van der Waals surface area contributed by atoms with Crippen LogP contribution in [0.4, 0.5) is 5.69 Å². The Hall–Kier alpha value is -3.74. The van der Waals surface area contributed by atoms with Gasteiger partial charge >= 0.3 is 0 Å². The monoisotopic (exact) mass is 401 g/mol. The maximum absolute atomic E-state index is 13.3. The number of hydrogen-bond acceptors (Lipinski definition) is 4. The van der Waals surface area contributed by atoms with Crippen LogP contribution in [0.3, 0.4) is 0 Å². The van der Waals surface area contributed by atoms with Gasteiger partial charge in [-0.15, -0.1) is 0 Å². The molecule has 0 aliphatic carbocycles. The fourth-order valence-electron chi connectivity index (χ4n) is 3.37. The van der Waals surface area contributed by atoms with E-state index in [1.165, 1.54) is 4.68 Å². The van der Waals surface area contributed by atoms with Gasteiger partial charge < -0.3 is 5.32 Å². The molecule has 7 nitrogen and oxygen atoms in total. The molecule has 0 saturated carbocycles. The van der Waals surface area contributed by atoms with Gasteiger partial charge in [0.1, 0.15) is 12.1 Å². The second-order valence-corrected chi connectivity index (χ2v) is 7.57. The van der Waals surface area contributed by atoms with Crippen molar-refractivity contribution in [3.8, 4) is 5.69 Å². The first-order valence-electron chi connectivity index (χ1n) is 9.84. The lowest BCUT2D eigenvalue weighted by Gasteiger charge is -2.12. The number of anilines is 1. The summed E-state index contributed by atoms with van der Waals surface area (Å²) in [5, 5.41) is 12.4. The molecule has 0 radical (unpaired) electrons. The number of nitrogens with one attached hydrogen (secondary N) is 1. The van der Waals surface area contributed by atoms with E-state index >= 15 is 0 Å². The molecule has 2 heterocycles. The van der Waals surface area contributed by atoms with Gasteiger partial charge in [-0.05, 0) is 37.1 Å². The highest BCUT2D eigenvalue weighted by atomic mass is 16.2. The zero-order chi connectivity index (χ0) is 21.3. The fourth-order valence-corrected chi connectivity index (χ4v) is 3.37. The van der Waals surface area contributed by atoms with Crippen LogP contribution in [0, 0.1) is 6.92 Å². The third kappa shape index (κ3) is 3.74. The third-order valence-corrected chi connectivity index (χ3v) is 4.89. The maximum atomic E-state index is 13.3. The number of hydrogen-bond donors (Lipinski definition) is 1. The number of carbonyl (C=O) groups is 1. The molecule has 0 aliphatic rings. The summed E-state index contributed by atoms with van der Waals surface area (Å²) in [5.74, 6) is -0.249. The first-order chi connectivity index (χ1) is 14.4. The molecule has 0 atom stereocenters. The lowest BCUT2D eigenvalue weighted by molar-refractivity contribution is -0.117. The van der Waals surface area contributed by atoms with Crippen LogP contribution in [0.25, 0.3) is 16.6 Å². The van der Waals surface area contributed by atoms with Gasteiger partial charge in [0, 0.05) is 11.1 Å². The van der Waals surface area contributed by atoms with Crippen LogP contribution >= 0.6 is 0 Å². The highest BCUT2D eigenvalue weighted by Crippen LogP contribution is 2.22. The van der Waals surface area contributed by atoms with E-state index < -0.39 is 0 Å². The van der Waals surface area contributed by atoms with Crippen molar-refractivity contribution in [2.75, 3.05) is 5.32 Å². The molecule has 152 valence electrons. The Morgan fingerprint density at radius 3 is 2.43 bits per heavy atom. The lowest BCUT2D eigenvalue weighted by atomic mass is 10.1. The number of aryl methyl sites for hydroxylation is 1. The minimum atomic E-state index is -0.352. The largest absolute Gasteiger partial charge is 0.324 e. The molecule has 0 saturated heterocycles. The van der Waals surface area contributed by atoms with E-state index in [1.807, 2.05) is 75.4 Å². The highest BCUT2D eigenvalue weighted by molar-refractivity contribution is 5.90. The Kier molecular flexibility index (Phi) is 5.18. The molecule has 2 aromatic carbocycles. The molecule has 30 heavy (non-hydrogen) atoms. The minimum absolute atomic E-state index is 0.0629. The highest BCUT2D eigenvalue weighted by Gasteiger charge is 2.19. The van der Waals surface area contributed by atoms with Gasteiger partial charge in [0.2, 0.25) is 5.91 Å². The van der Waals surface area contributed by atoms with Gasteiger partial charge in [0.05, 0.1) is 17.6 Å². The van der Waals surface area contributed by atoms with Gasteiger partial charge in [-0.3, -0.25) is 9.59 Å². The van der Waals surface area contributed by atoms with Crippen LogP contribution < -0.4 is 10.9 Å². The number of amides is 1. The molecule has 0 fully saturated rings. The summed E-state index contributed by atoms with van der Waals surface area (Å²) in [5.41, 5.74) is 3.36. The summed E-state index contributed by atoms with van der Waals surface area (Å²) in [6.07, 6.45) is 1.67. The molecule has 1 amide bonds. The topological polar surface area (TPSA) is 81.8 Å². The molecule has 0 aliphatic heterocycles. The summed E-state index contributed by atoms with van der Waals surface area (Å²) < 4.78 is 2.84. The summed E-state index contributed by atoms with van der Waals surface area (Å²) in [7, 11) is 0. The van der Waals surface area contributed by atoms with Crippen molar-refractivity contribution in [3.05, 3.63) is 82.4 Å². The number of nitrogens with zero attached hydrogens (tertiary/aromatic N) is 4. The summed E-state index contributed by atoms with van der Waals surface area (Å²) in [6.45, 7) is 5.81. The van der Waals surface area contributed by atoms with Gasteiger partial charge in [-0.25, -0.2) is 9.36 Å². The smallest absolute Gasteiger partial charge is 0.293 e. The third-order valence-electron chi connectivity index (χ3n) is 4.89. The number of benzene rings is 2. The van der Waals surface area contributed by atoms with Crippen molar-refractivity contribution >= 4 is 22.5 Å². The molecular weight excluding hydrogens is 378 g/mol. The van der Waals surface area contributed by atoms with Crippen LogP contribution in [-0.4, -0.2) is 25.5 Å². The molecule has 0 spiro atoms. The van der Waals surface area contributed by atoms with E-state index in [1.54, 1.807) is 10.9 Å². The molecule has 2 aromatic heterocycles. The van der Waals surface area contributed by atoms with Crippen molar-refractivity contribution in [1.29, 1.82) is 0 Å². The second-order valence-electron chi connectivity index (χ2n) is 7.57. The number of fused-ring (bicyclic) bond motifs is 1. The zero-order valence-corrected chi connectivity index (χ0v) is 17.2. The Balaban J connectivity index is 1.76. The minimum Gasteiger partial charge on any atom is -0.324 e. The first kappa shape index (κ1) is 19.6. The average molecular weight is 401 g/mol. The number of para-hydroxylation sites is 1. The molecule has 0 unspecified atom stereocenters. The van der Waals surface area contributed by atoms with E-state index in [0.29, 0.717) is 16.6 Å². The van der Waals surface area contributed by atoms with Crippen molar-refractivity contribution in [1.82, 2.24) is 19.6 Å². The van der Waals surface area contributed by atoms with Crippen LogP contribution in [-0.2, 0) is 11.3 Å². The Morgan fingerprint density at radius 2 is 1.77 bits per heavy atom. The predicted molar refractivity (Wildman–Crippen MR) is 117 cm³/mol. The van der Waals surface area contributed by atoms with Gasteiger partial charge in [-0.2, -0.15) is 10.2 Å². The molecule has 0 bridgehead atoms. The fraction of sp³-hybridized carbons (Fsp3) is 0.217. The van der Waals surface area contributed by atoms with E-state index in [9.17, 15) is 9.59 Å². The molecule has 1 N–H and O–H groups in total.